The number of aryl methyl sites for hydroxylation is 1. The molecule has 46 heavy (non-hydrogen) atoms. The van der Waals surface area contributed by atoms with E-state index in [0.717, 1.165) is 50.8 Å². The number of aromatic nitrogens is 3. The van der Waals surface area contributed by atoms with Gasteiger partial charge in [0.2, 0.25) is 5.43 Å². The molecule has 5 rings (SSSR count). The number of unbranched alkanes of at least 4 members (excludes halogenated alkanes) is 4. The average Bonchev–Trinajstić information content (AvgIpc) is 3.03. The molecule has 238 valence electrons. The second-order valence-corrected chi connectivity index (χ2v) is 11.5. The number of nitrogens with one attached hydrogen (secondary N) is 1. The van der Waals surface area contributed by atoms with Gasteiger partial charge in [-0.25, -0.2) is 18.3 Å². The van der Waals surface area contributed by atoms with Gasteiger partial charge in [-0.15, -0.1) is 0 Å². The van der Waals surface area contributed by atoms with E-state index in [-0.39, 0.29) is 16.6 Å². The molecule has 0 aliphatic rings. The summed E-state index contributed by atoms with van der Waals surface area (Å²) in [4.78, 5) is 33.3. The van der Waals surface area contributed by atoms with Crippen molar-refractivity contribution in [3.63, 3.8) is 0 Å². The third-order valence-electron chi connectivity index (χ3n) is 7.45. The zero-order valence-corrected chi connectivity index (χ0v) is 26.4. The molecule has 0 saturated carbocycles. The van der Waals surface area contributed by atoms with Crippen LogP contribution in [0.15, 0.2) is 90.1 Å². The maximum atomic E-state index is 13.8. The SMILES string of the molecule is CN(C)c1ccc2c(=O)c(C(=O)Nc3cc(F)cc(F)c3)cn(-c3ccc(Cl)c(OCCCCCCC[n+]4ccccc4)c3)c2n1. The number of hydrogen-bond donors (Lipinski definition) is 1. The first-order valence-electron chi connectivity index (χ1n) is 15.1. The number of amides is 1. The van der Waals surface area contributed by atoms with Crippen LogP contribution in [0.2, 0.25) is 5.02 Å². The largest absolute Gasteiger partial charge is 0.492 e. The molecule has 1 N–H and O–H groups in total. The molecule has 3 aromatic heterocycles. The highest BCUT2D eigenvalue weighted by Crippen LogP contribution is 2.29. The molecule has 8 nitrogen and oxygen atoms in total. The molecule has 1 amide bonds. The third-order valence-corrected chi connectivity index (χ3v) is 7.76. The van der Waals surface area contributed by atoms with Crippen LogP contribution >= 0.6 is 11.6 Å². The lowest BCUT2D eigenvalue weighted by molar-refractivity contribution is -0.697. The van der Waals surface area contributed by atoms with Gasteiger partial charge in [0.05, 0.1) is 22.7 Å². The summed E-state index contributed by atoms with van der Waals surface area (Å²) >= 11 is 6.50. The van der Waals surface area contributed by atoms with E-state index < -0.39 is 23.0 Å². The predicted molar refractivity (Wildman–Crippen MR) is 176 cm³/mol. The molecule has 0 aliphatic heterocycles. The minimum atomic E-state index is -0.859. The number of ether oxygens (including phenoxy) is 1. The zero-order valence-electron chi connectivity index (χ0n) is 25.7. The Labute approximate surface area is 270 Å². The van der Waals surface area contributed by atoms with Gasteiger partial charge in [-0.3, -0.25) is 9.59 Å². The monoisotopic (exact) mass is 646 g/mol. The molecule has 0 fully saturated rings. The molecule has 0 atom stereocenters. The fourth-order valence-corrected chi connectivity index (χ4v) is 5.24. The number of rotatable bonds is 13. The predicted octanol–water partition coefficient (Wildman–Crippen LogP) is 6.95. The summed E-state index contributed by atoms with van der Waals surface area (Å²) in [5, 5.41) is 3.03. The van der Waals surface area contributed by atoms with E-state index in [1.165, 1.54) is 6.20 Å². The van der Waals surface area contributed by atoms with Crippen molar-refractivity contribution in [1.29, 1.82) is 0 Å². The molecular formula is C35H35ClF2N5O3+. The maximum absolute atomic E-state index is 13.8. The lowest BCUT2D eigenvalue weighted by atomic mass is 10.1. The van der Waals surface area contributed by atoms with Crippen molar-refractivity contribution in [1.82, 2.24) is 9.55 Å². The Morgan fingerprint density at radius 2 is 1.67 bits per heavy atom. The number of benzene rings is 2. The Bertz CT molecular complexity index is 1880. The van der Waals surface area contributed by atoms with Crippen LogP contribution in [-0.4, -0.2) is 36.2 Å². The molecule has 0 bridgehead atoms. The highest BCUT2D eigenvalue weighted by molar-refractivity contribution is 6.32. The standard InChI is InChI=1S/C35H34ClF2N5O3/c1-41(2)32-14-12-28-33(44)29(35(45)39-26-20-24(37)19-25(38)21-26)23-43(34(28)40-32)27-11-13-30(36)31(22-27)46-18-10-5-3-4-7-15-42-16-8-6-9-17-42/h6,8-9,11-14,16-17,19-23H,3-5,7,10,15,18H2,1-2H3/p+1. The number of anilines is 2. The normalized spacial score (nSPS) is 11.1. The molecule has 0 spiro atoms. The maximum Gasteiger partial charge on any atom is 0.261 e. The Hall–Kier alpha value is -4.83. The number of fused-ring (bicyclic) bond motifs is 1. The van der Waals surface area contributed by atoms with Crippen LogP contribution in [0.1, 0.15) is 42.5 Å². The van der Waals surface area contributed by atoms with Gasteiger partial charge in [-0.05, 0) is 49.2 Å². The Balaban J connectivity index is 1.35. The van der Waals surface area contributed by atoms with Gasteiger partial charge in [0.15, 0.2) is 18.0 Å². The van der Waals surface area contributed by atoms with E-state index in [1.807, 2.05) is 32.3 Å². The Morgan fingerprint density at radius 3 is 2.41 bits per heavy atom. The van der Waals surface area contributed by atoms with E-state index in [1.54, 1.807) is 39.8 Å². The Kier molecular flexibility index (Phi) is 10.6. The van der Waals surface area contributed by atoms with Crippen LogP contribution < -0.4 is 24.9 Å². The van der Waals surface area contributed by atoms with E-state index in [4.69, 9.17) is 16.3 Å². The number of hydrogen-bond acceptors (Lipinski definition) is 5. The van der Waals surface area contributed by atoms with E-state index in [0.29, 0.717) is 40.6 Å². The van der Waals surface area contributed by atoms with E-state index >= 15 is 0 Å². The molecule has 5 aromatic rings. The summed E-state index contributed by atoms with van der Waals surface area (Å²) in [6.45, 7) is 1.47. The third kappa shape index (κ3) is 8.06. The lowest BCUT2D eigenvalue weighted by Gasteiger charge is -2.17. The minimum absolute atomic E-state index is 0.119. The molecule has 2 aromatic carbocycles. The highest BCUT2D eigenvalue weighted by Gasteiger charge is 2.19. The van der Waals surface area contributed by atoms with Gasteiger partial charge in [0.25, 0.3) is 5.91 Å². The smallest absolute Gasteiger partial charge is 0.261 e. The first-order valence-corrected chi connectivity index (χ1v) is 15.5. The summed E-state index contributed by atoms with van der Waals surface area (Å²) < 4.78 is 37.4. The van der Waals surface area contributed by atoms with Gasteiger partial charge < -0.3 is 19.5 Å². The van der Waals surface area contributed by atoms with E-state index in [2.05, 4.69) is 27.3 Å². The van der Waals surface area contributed by atoms with Crippen LogP contribution in [0.3, 0.4) is 0 Å². The molecular weight excluding hydrogens is 612 g/mol. The highest BCUT2D eigenvalue weighted by atomic mass is 35.5. The molecule has 0 saturated heterocycles. The summed E-state index contributed by atoms with van der Waals surface area (Å²) in [6.07, 6.45) is 10.7. The van der Waals surface area contributed by atoms with Crippen molar-refractivity contribution in [2.75, 3.05) is 30.9 Å². The van der Waals surface area contributed by atoms with Crippen molar-refractivity contribution < 1.29 is 22.9 Å². The van der Waals surface area contributed by atoms with Gasteiger partial charge in [-0.1, -0.05) is 30.5 Å². The van der Waals surface area contributed by atoms with Crippen molar-refractivity contribution in [2.45, 2.75) is 38.6 Å². The fraction of sp³-hybridized carbons (Fsp3) is 0.257. The van der Waals surface area contributed by atoms with Gasteiger partial charge >= 0.3 is 0 Å². The fourth-order valence-electron chi connectivity index (χ4n) is 5.07. The van der Waals surface area contributed by atoms with E-state index in [9.17, 15) is 18.4 Å². The van der Waals surface area contributed by atoms with Crippen LogP contribution in [0, 0.1) is 11.6 Å². The number of carbonyl (C=O) groups is 1. The van der Waals surface area contributed by atoms with Gasteiger partial charge in [-0.2, -0.15) is 0 Å². The minimum Gasteiger partial charge on any atom is -0.492 e. The van der Waals surface area contributed by atoms with Crippen LogP contribution in [0.5, 0.6) is 5.75 Å². The van der Waals surface area contributed by atoms with Crippen molar-refractivity contribution in [2.24, 2.45) is 0 Å². The molecule has 0 radical (unpaired) electrons. The topological polar surface area (TPSA) is 80.3 Å². The number of pyridine rings is 3. The number of halogens is 3. The van der Waals surface area contributed by atoms with Crippen LogP contribution in [0.25, 0.3) is 16.7 Å². The van der Waals surface area contributed by atoms with Gasteiger partial charge in [0.1, 0.15) is 35.3 Å². The quantitative estimate of drug-likeness (QED) is 0.111. The summed E-state index contributed by atoms with van der Waals surface area (Å²) in [5.74, 6) is -1.49. The lowest BCUT2D eigenvalue weighted by Crippen LogP contribution is -2.32. The number of carbonyl (C=O) groups excluding carboxylic acids is 1. The first kappa shape index (κ1) is 32.6. The number of nitrogens with zero attached hydrogens (tertiary/aromatic N) is 4. The second-order valence-electron chi connectivity index (χ2n) is 11.1. The molecule has 0 aliphatic carbocycles. The van der Waals surface area contributed by atoms with Crippen molar-refractivity contribution in [3.05, 3.63) is 118 Å². The molecule has 3 heterocycles. The second kappa shape index (κ2) is 15.0. The van der Waals surface area contributed by atoms with Crippen LogP contribution in [0.4, 0.5) is 20.3 Å². The van der Waals surface area contributed by atoms with Crippen molar-refractivity contribution >= 4 is 40.0 Å². The molecule has 11 heteroatoms. The average molecular weight is 647 g/mol. The van der Waals surface area contributed by atoms with Crippen molar-refractivity contribution in [3.8, 4) is 11.4 Å². The van der Waals surface area contributed by atoms with Crippen LogP contribution in [-0.2, 0) is 6.54 Å². The Morgan fingerprint density at radius 1 is 0.957 bits per heavy atom. The summed E-state index contributed by atoms with van der Waals surface area (Å²) in [7, 11) is 3.65. The molecule has 0 unspecified atom stereocenters. The summed E-state index contributed by atoms with van der Waals surface area (Å²) in [6, 6.07) is 17.1. The first-order chi connectivity index (χ1) is 22.2. The zero-order chi connectivity index (χ0) is 32.6. The van der Waals surface area contributed by atoms with Gasteiger partial charge in [0, 0.05) is 56.7 Å². The summed E-state index contributed by atoms with van der Waals surface area (Å²) in [5.41, 5.74) is -0.0682.